The van der Waals surface area contributed by atoms with Crippen LogP contribution in [0, 0.1) is 6.92 Å². The second kappa shape index (κ2) is 30.5. The molecular formula is C49H70N10O9S. The Morgan fingerprint density at radius 2 is 1.36 bits per heavy atom. The van der Waals surface area contributed by atoms with Crippen molar-refractivity contribution in [3.8, 4) is 5.75 Å². The molecule has 2 aliphatic rings. The highest BCUT2D eigenvalue weighted by Crippen LogP contribution is 2.36. The van der Waals surface area contributed by atoms with Crippen molar-refractivity contribution in [1.29, 1.82) is 0 Å². The highest BCUT2D eigenvalue weighted by atomic mass is 32.2. The Kier molecular flexibility index (Phi) is 23.9. The number of thioether (sulfide) groups is 1. The number of urea groups is 1. The summed E-state index contributed by atoms with van der Waals surface area (Å²) in [6.07, 6.45) is 9.28. The van der Waals surface area contributed by atoms with Crippen LogP contribution >= 0.6 is 11.8 Å². The van der Waals surface area contributed by atoms with Gasteiger partial charge in [0, 0.05) is 105 Å². The maximum absolute atomic E-state index is 12.3. The number of hydrogen-bond donors (Lipinski definition) is 7. The van der Waals surface area contributed by atoms with Gasteiger partial charge in [-0.05, 0) is 81.9 Å². The number of aromatic nitrogens is 2. The van der Waals surface area contributed by atoms with E-state index in [1.807, 2.05) is 67.0 Å². The van der Waals surface area contributed by atoms with Crippen molar-refractivity contribution < 1.29 is 42.9 Å². The highest BCUT2D eigenvalue weighted by molar-refractivity contribution is 8.00. The summed E-state index contributed by atoms with van der Waals surface area (Å²) in [6, 6.07) is 15.2. The number of nitrogens with one attached hydrogen (secondary N) is 7. The predicted octanol–water partition coefficient (Wildman–Crippen LogP) is 5.58. The lowest BCUT2D eigenvalue weighted by molar-refractivity contribution is -0.123. The van der Waals surface area contributed by atoms with Crippen LogP contribution in [0.2, 0.25) is 0 Å². The zero-order chi connectivity index (χ0) is 49.1. The molecule has 0 spiro atoms. The molecular weight excluding hydrogens is 905 g/mol. The van der Waals surface area contributed by atoms with Gasteiger partial charge in [-0.2, -0.15) is 16.7 Å². The SMILES string of the molecule is C=CC(=O)Nc1cccc(Nc2nc(Nc3cccc(OCCCNC(=O)CCCC(=O)NCCCOCCOCCOCCCNC(=O)CCCC[C@@H]4SCC5NC(=O)N(C)C54)c3)ncc2C)c1. The number of unbranched alkanes of at least 4 members (excludes halogenated alkanes) is 1. The van der Waals surface area contributed by atoms with Crippen LogP contribution in [-0.4, -0.2) is 141 Å². The van der Waals surface area contributed by atoms with Crippen molar-refractivity contribution in [3.05, 3.63) is 72.9 Å². The van der Waals surface area contributed by atoms with Crippen LogP contribution in [0.5, 0.6) is 5.75 Å². The molecule has 20 heteroatoms. The van der Waals surface area contributed by atoms with E-state index in [-0.39, 0.29) is 54.6 Å². The summed E-state index contributed by atoms with van der Waals surface area (Å²) in [5, 5.41) is 21.4. The van der Waals surface area contributed by atoms with Crippen molar-refractivity contribution in [3.63, 3.8) is 0 Å². The quantitative estimate of drug-likeness (QED) is 0.0220. The monoisotopic (exact) mass is 975 g/mol. The van der Waals surface area contributed by atoms with Crippen molar-refractivity contribution in [2.75, 3.05) is 94.6 Å². The van der Waals surface area contributed by atoms with Gasteiger partial charge in [-0.1, -0.05) is 25.1 Å². The van der Waals surface area contributed by atoms with Gasteiger partial charge in [0.25, 0.3) is 0 Å². The Bertz CT molecular complexity index is 2120. The van der Waals surface area contributed by atoms with Gasteiger partial charge in [0.2, 0.25) is 29.6 Å². The predicted molar refractivity (Wildman–Crippen MR) is 268 cm³/mol. The van der Waals surface area contributed by atoms with Crippen LogP contribution in [0.15, 0.2) is 67.4 Å². The first-order valence-corrected chi connectivity index (χ1v) is 24.9. The maximum atomic E-state index is 12.3. The number of aryl methyl sites for hydroxylation is 1. The topological polar surface area (TPSA) is 235 Å². The van der Waals surface area contributed by atoms with Gasteiger partial charge in [0.05, 0.1) is 45.1 Å². The molecule has 0 radical (unpaired) electrons. The minimum atomic E-state index is -0.296. The second-order valence-corrected chi connectivity index (χ2v) is 18.0. The molecule has 3 atom stereocenters. The molecule has 2 fully saturated rings. The lowest BCUT2D eigenvalue weighted by atomic mass is 10.0. The van der Waals surface area contributed by atoms with E-state index in [1.54, 1.807) is 18.3 Å². The van der Waals surface area contributed by atoms with E-state index in [0.29, 0.717) is 120 Å². The molecule has 3 aromatic rings. The Hall–Kier alpha value is -5.96. The Morgan fingerprint density at radius 1 is 0.768 bits per heavy atom. The maximum Gasteiger partial charge on any atom is 0.317 e. The first-order valence-electron chi connectivity index (χ1n) is 23.9. The van der Waals surface area contributed by atoms with E-state index in [4.69, 9.17) is 18.9 Å². The van der Waals surface area contributed by atoms with Crippen LogP contribution in [0.3, 0.4) is 0 Å². The molecule has 2 saturated heterocycles. The molecule has 5 rings (SSSR count). The highest BCUT2D eigenvalue weighted by Gasteiger charge is 2.46. The summed E-state index contributed by atoms with van der Waals surface area (Å²) in [5.41, 5.74) is 2.94. The summed E-state index contributed by atoms with van der Waals surface area (Å²) in [4.78, 5) is 71.2. The fourth-order valence-corrected chi connectivity index (χ4v) is 9.19. The van der Waals surface area contributed by atoms with Crippen LogP contribution in [-0.2, 0) is 33.4 Å². The van der Waals surface area contributed by atoms with Crippen LogP contribution in [0.1, 0.15) is 69.8 Å². The van der Waals surface area contributed by atoms with Crippen molar-refractivity contribution in [2.24, 2.45) is 0 Å². The number of carbonyl (C=O) groups excluding carboxylic acids is 5. The molecule has 7 N–H and O–H groups in total. The van der Waals surface area contributed by atoms with Gasteiger partial charge in [0.1, 0.15) is 11.6 Å². The van der Waals surface area contributed by atoms with E-state index >= 15 is 0 Å². The van der Waals surface area contributed by atoms with Gasteiger partial charge >= 0.3 is 6.03 Å². The van der Waals surface area contributed by atoms with Crippen molar-refractivity contribution in [2.45, 2.75) is 88.5 Å². The molecule has 0 saturated carbocycles. The molecule has 0 bridgehead atoms. The molecule has 2 aliphatic heterocycles. The molecule has 1 aromatic heterocycles. The van der Waals surface area contributed by atoms with Crippen molar-refractivity contribution >= 4 is 70.3 Å². The fourth-order valence-electron chi connectivity index (χ4n) is 7.55. The third-order valence-corrected chi connectivity index (χ3v) is 12.7. The standard InChI is InChI=1S/C49H70N10O9S/c1-4-42(60)54-36-13-7-14-37(31-36)55-47-35(2)33-53-48(58-47)56-38-15-8-16-39(32-38)68-26-12-23-52-45(63)20-9-19-44(62)51-22-11-25-66-28-30-67-29-27-65-24-10-21-50-43(61)18-6-5-17-41-46-40(34-69-41)57-49(64)59(46)3/h4,7-8,13-16,31-33,40-41,46H,1,5-6,9-12,17-30,34H2,2-3H3,(H,50,61)(H,51,62)(H,52,63)(H,54,60)(H,57,64)(H2,53,55,56,58)/t40?,41-,46?/m0/s1. The zero-order valence-electron chi connectivity index (χ0n) is 40.0. The molecule has 2 unspecified atom stereocenters. The number of anilines is 5. The number of amides is 6. The lowest BCUT2D eigenvalue weighted by Crippen LogP contribution is -2.38. The van der Waals surface area contributed by atoms with Gasteiger partial charge in [0.15, 0.2) is 0 Å². The second-order valence-electron chi connectivity index (χ2n) is 16.7. The van der Waals surface area contributed by atoms with E-state index in [0.717, 1.165) is 48.4 Å². The Labute approximate surface area is 409 Å². The van der Waals surface area contributed by atoms with E-state index in [2.05, 4.69) is 53.8 Å². The minimum Gasteiger partial charge on any atom is -0.493 e. The lowest BCUT2D eigenvalue weighted by Gasteiger charge is -2.23. The third kappa shape index (κ3) is 20.3. The average Bonchev–Trinajstić information content (AvgIpc) is 3.87. The molecule has 0 aliphatic carbocycles. The van der Waals surface area contributed by atoms with Gasteiger partial charge in [-0.3, -0.25) is 19.2 Å². The van der Waals surface area contributed by atoms with Crippen LogP contribution in [0.4, 0.5) is 33.6 Å². The molecule has 6 amide bonds. The Morgan fingerprint density at radius 3 is 2.03 bits per heavy atom. The van der Waals surface area contributed by atoms with E-state index in [9.17, 15) is 24.0 Å². The molecule has 2 aromatic carbocycles. The number of benzene rings is 2. The number of carbonyl (C=O) groups is 5. The van der Waals surface area contributed by atoms with Crippen LogP contribution < -0.4 is 42.0 Å². The first kappa shape index (κ1) is 54.0. The number of rotatable bonds is 34. The Balaban J connectivity index is 0.775. The molecule has 3 heterocycles. The van der Waals surface area contributed by atoms with Gasteiger partial charge in [-0.15, -0.1) is 0 Å². The first-order chi connectivity index (χ1) is 33.6. The summed E-state index contributed by atoms with van der Waals surface area (Å²) in [7, 11) is 1.87. The average molecular weight is 975 g/mol. The number of nitrogens with zero attached hydrogens (tertiary/aromatic N) is 3. The van der Waals surface area contributed by atoms with Crippen molar-refractivity contribution in [1.82, 2.24) is 36.1 Å². The van der Waals surface area contributed by atoms with Crippen LogP contribution in [0.25, 0.3) is 0 Å². The van der Waals surface area contributed by atoms with Gasteiger partial charge < -0.3 is 61.1 Å². The summed E-state index contributed by atoms with van der Waals surface area (Å²) >= 11 is 1.92. The molecule has 376 valence electrons. The minimum absolute atomic E-state index is 0.0208. The summed E-state index contributed by atoms with van der Waals surface area (Å²) < 4.78 is 22.6. The summed E-state index contributed by atoms with van der Waals surface area (Å²) in [6.45, 7) is 10.2. The molecule has 69 heavy (non-hydrogen) atoms. The number of hydrogen-bond acceptors (Lipinski definition) is 14. The molecule has 19 nitrogen and oxygen atoms in total. The normalized spacial score (nSPS) is 16.0. The third-order valence-electron chi connectivity index (χ3n) is 11.2. The fraction of sp³-hybridized carbons (Fsp3) is 0.531. The number of fused-ring (bicyclic) bond motifs is 1. The number of likely N-dealkylation sites (N-methyl/N-ethyl adjacent to an activating group) is 1. The smallest absolute Gasteiger partial charge is 0.317 e. The largest absolute Gasteiger partial charge is 0.493 e. The van der Waals surface area contributed by atoms with E-state index in [1.165, 1.54) is 6.08 Å². The summed E-state index contributed by atoms with van der Waals surface area (Å²) in [5.74, 6) is 2.17. The zero-order valence-corrected chi connectivity index (χ0v) is 40.8. The van der Waals surface area contributed by atoms with Gasteiger partial charge in [-0.25, -0.2) is 9.78 Å². The number of ether oxygens (including phenoxy) is 4. The van der Waals surface area contributed by atoms with E-state index < -0.39 is 0 Å².